The third kappa shape index (κ3) is 5.07. The molecule has 2 aromatic carbocycles. The maximum Gasteiger partial charge on any atom is 0.335 e. The maximum atomic E-state index is 13.4. The molecule has 162 valence electrons. The van der Waals surface area contributed by atoms with Gasteiger partial charge in [-0.05, 0) is 35.9 Å². The van der Waals surface area contributed by atoms with Gasteiger partial charge in [0, 0.05) is 24.9 Å². The second kappa shape index (κ2) is 9.67. The van der Waals surface area contributed by atoms with Gasteiger partial charge in [-0.15, -0.1) is 0 Å². The number of nitrogens with zero attached hydrogens (tertiary/aromatic N) is 2. The molecule has 7 nitrogen and oxygen atoms in total. The van der Waals surface area contributed by atoms with Gasteiger partial charge in [-0.25, -0.2) is 18.1 Å². The summed E-state index contributed by atoms with van der Waals surface area (Å²) in [5, 5.41) is 2.79. The molecule has 0 saturated carbocycles. The molecule has 0 aliphatic carbocycles. The minimum absolute atomic E-state index is 0.0969. The molecule has 1 N–H and O–H groups in total. The van der Waals surface area contributed by atoms with E-state index in [0.29, 0.717) is 10.6 Å². The lowest BCUT2D eigenvalue weighted by atomic mass is 10.2. The quantitative estimate of drug-likeness (QED) is 0.601. The van der Waals surface area contributed by atoms with Crippen LogP contribution in [0.2, 0.25) is 5.02 Å². The Labute approximate surface area is 180 Å². The van der Waals surface area contributed by atoms with Crippen LogP contribution in [0.1, 0.15) is 15.9 Å². The molecular weight excluding hydrogens is 432 g/mol. The molecule has 0 spiro atoms. The van der Waals surface area contributed by atoms with Gasteiger partial charge in [0.15, 0.2) is 11.6 Å². The number of hydrogen-bond donors (Lipinski definition) is 1. The predicted octanol–water partition coefficient (Wildman–Crippen LogP) is 2.51. The highest BCUT2D eigenvalue weighted by Crippen LogP contribution is 2.12. The van der Waals surface area contributed by atoms with Crippen LogP contribution in [0, 0.1) is 11.6 Å². The summed E-state index contributed by atoms with van der Waals surface area (Å²) in [6.45, 7) is 0.118. The van der Waals surface area contributed by atoms with E-state index in [4.69, 9.17) is 16.3 Å². The first-order valence-electron chi connectivity index (χ1n) is 9.15. The van der Waals surface area contributed by atoms with Crippen molar-refractivity contribution >= 4 is 17.5 Å². The van der Waals surface area contributed by atoms with Crippen molar-refractivity contribution in [1.82, 2.24) is 14.5 Å². The molecule has 3 aromatic rings. The highest BCUT2D eigenvalue weighted by Gasteiger charge is 2.19. The molecule has 0 aliphatic heterocycles. The van der Waals surface area contributed by atoms with Gasteiger partial charge < -0.3 is 10.1 Å². The normalized spacial score (nSPS) is 10.8. The van der Waals surface area contributed by atoms with Crippen LogP contribution in [-0.4, -0.2) is 28.8 Å². The fourth-order valence-corrected chi connectivity index (χ4v) is 3.06. The minimum atomic E-state index is -1.05. The van der Waals surface area contributed by atoms with Crippen LogP contribution >= 0.6 is 11.6 Å². The average Bonchev–Trinajstić information content (AvgIpc) is 2.74. The van der Waals surface area contributed by atoms with E-state index in [0.717, 1.165) is 22.9 Å². The van der Waals surface area contributed by atoms with Gasteiger partial charge >= 0.3 is 5.69 Å². The summed E-state index contributed by atoms with van der Waals surface area (Å²) >= 11 is 5.99. The number of hydrogen-bond acceptors (Lipinski definition) is 4. The maximum absolute atomic E-state index is 13.4. The predicted molar refractivity (Wildman–Crippen MR) is 111 cm³/mol. The Hall–Kier alpha value is -3.30. The first-order valence-corrected chi connectivity index (χ1v) is 9.53. The summed E-state index contributed by atoms with van der Waals surface area (Å²) in [4.78, 5) is 38.5. The van der Waals surface area contributed by atoms with Crippen LogP contribution in [0.5, 0.6) is 0 Å². The van der Waals surface area contributed by atoms with Crippen molar-refractivity contribution in [3.8, 4) is 5.69 Å². The monoisotopic (exact) mass is 449 g/mol. The number of rotatable bonds is 7. The smallest absolute Gasteiger partial charge is 0.335 e. The molecule has 0 aliphatic rings. The summed E-state index contributed by atoms with van der Waals surface area (Å²) in [6.07, 6.45) is 1.14. The Morgan fingerprint density at radius 1 is 1.13 bits per heavy atom. The van der Waals surface area contributed by atoms with Crippen molar-refractivity contribution in [2.24, 2.45) is 0 Å². The van der Waals surface area contributed by atoms with Gasteiger partial charge in [0.1, 0.15) is 5.56 Å². The van der Waals surface area contributed by atoms with Crippen molar-refractivity contribution in [1.29, 1.82) is 0 Å². The Morgan fingerprint density at radius 3 is 2.58 bits per heavy atom. The topological polar surface area (TPSA) is 82.3 Å². The summed E-state index contributed by atoms with van der Waals surface area (Å²) in [5.41, 5.74) is -1.32. The molecule has 1 aromatic heterocycles. The highest BCUT2D eigenvalue weighted by atomic mass is 35.5. The average molecular weight is 450 g/mol. The van der Waals surface area contributed by atoms with Gasteiger partial charge in [-0.3, -0.25) is 14.2 Å². The van der Waals surface area contributed by atoms with Crippen LogP contribution in [0.4, 0.5) is 8.78 Å². The van der Waals surface area contributed by atoms with Crippen molar-refractivity contribution in [3.63, 3.8) is 0 Å². The van der Waals surface area contributed by atoms with Gasteiger partial charge in [0.2, 0.25) is 0 Å². The number of nitrogens with one attached hydrogen (secondary N) is 1. The van der Waals surface area contributed by atoms with Crippen LogP contribution in [0.15, 0.2) is 58.3 Å². The third-order valence-corrected chi connectivity index (χ3v) is 4.67. The summed E-state index contributed by atoms with van der Waals surface area (Å²) in [6, 6.07) is 9.28. The zero-order valence-corrected chi connectivity index (χ0v) is 17.2. The molecule has 31 heavy (non-hydrogen) atoms. The molecule has 10 heteroatoms. The molecule has 0 atom stereocenters. The van der Waals surface area contributed by atoms with Crippen molar-refractivity contribution in [2.45, 2.75) is 13.1 Å². The van der Waals surface area contributed by atoms with E-state index in [1.165, 1.54) is 29.9 Å². The summed E-state index contributed by atoms with van der Waals surface area (Å²) in [7, 11) is 1.45. The largest absolute Gasteiger partial charge is 0.383 e. The van der Waals surface area contributed by atoms with Crippen LogP contribution < -0.4 is 16.6 Å². The number of carbonyl (C=O) groups is 1. The minimum Gasteiger partial charge on any atom is -0.383 e. The number of methoxy groups -OCH3 is 1. The van der Waals surface area contributed by atoms with Gasteiger partial charge in [-0.2, -0.15) is 0 Å². The first kappa shape index (κ1) is 22.4. The van der Waals surface area contributed by atoms with Crippen LogP contribution in [0.3, 0.4) is 0 Å². The third-order valence-electron chi connectivity index (χ3n) is 4.44. The lowest BCUT2D eigenvalue weighted by Crippen LogP contribution is -2.43. The number of benzene rings is 2. The Morgan fingerprint density at radius 2 is 1.90 bits per heavy atom. The molecular formula is C21H18ClF2N3O4. The van der Waals surface area contributed by atoms with Gasteiger partial charge in [0.25, 0.3) is 11.5 Å². The lowest BCUT2D eigenvalue weighted by Gasteiger charge is -2.13. The molecule has 0 bridgehead atoms. The highest BCUT2D eigenvalue weighted by molar-refractivity contribution is 6.30. The zero-order valence-electron chi connectivity index (χ0n) is 16.4. The second-order valence-corrected chi connectivity index (χ2v) is 7.00. The fourth-order valence-electron chi connectivity index (χ4n) is 2.88. The number of aromatic nitrogens is 2. The zero-order chi connectivity index (χ0) is 22.5. The molecule has 3 rings (SSSR count). The molecule has 1 amide bonds. The van der Waals surface area contributed by atoms with E-state index < -0.39 is 28.8 Å². The van der Waals surface area contributed by atoms with E-state index in [1.54, 1.807) is 12.1 Å². The van der Waals surface area contributed by atoms with Gasteiger partial charge in [0.05, 0.1) is 18.8 Å². The van der Waals surface area contributed by atoms with Crippen molar-refractivity contribution < 1.29 is 18.3 Å². The summed E-state index contributed by atoms with van der Waals surface area (Å²) in [5.74, 6) is -2.84. The number of ether oxygens (including phenoxy) is 1. The van der Waals surface area contributed by atoms with Crippen molar-refractivity contribution in [2.75, 3.05) is 13.7 Å². The van der Waals surface area contributed by atoms with Gasteiger partial charge in [-0.1, -0.05) is 23.7 Å². The molecule has 1 heterocycles. The Kier molecular flexibility index (Phi) is 6.98. The molecule has 0 fully saturated rings. The number of halogens is 3. The Bertz CT molecular complexity index is 1240. The van der Waals surface area contributed by atoms with Crippen LogP contribution in [0.25, 0.3) is 5.69 Å². The SMILES string of the molecule is COCCn1cc(C(=O)NCc2ccc(F)c(F)c2)c(=O)n(-c2cccc(Cl)c2)c1=O. The first-order chi connectivity index (χ1) is 14.8. The number of amides is 1. The van der Waals surface area contributed by atoms with E-state index in [1.807, 2.05) is 0 Å². The number of carbonyl (C=O) groups excluding carboxylic acids is 1. The molecule has 0 unspecified atom stereocenters. The van der Waals surface area contributed by atoms with E-state index in [-0.39, 0.29) is 30.9 Å². The fraction of sp³-hybridized carbons (Fsp3) is 0.190. The van der Waals surface area contributed by atoms with E-state index in [9.17, 15) is 23.2 Å². The van der Waals surface area contributed by atoms with Crippen LogP contribution in [-0.2, 0) is 17.8 Å². The molecule has 0 saturated heterocycles. The van der Waals surface area contributed by atoms with E-state index >= 15 is 0 Å². The summed E-state index contributed by atoms with van der Waals surface area (Å²) < 4.78 is 33.5. The standard InChI is InChI=1S/C21H18ClF2N3O4/c1-31-8-7-26-12-16(19(28)25-11-13-5-6-17(23)18(24)9-13)20(29)27(21(26)30)15-4-2-3-14(22)10-15/h2-6,9-10,12H,7-8,11H2,1H3,(H,25,28). The van der Waals surface area contributed by atoms with E-state index in [2.05, 4.69) is 5.32 Å². The second-order valence-electron chi connectivity index (χ2n) is 6.56. The Balaban J connectivity index is 2.01. The molecule has 0 radical (unpaired) electrons. The lowest BCUT2D eigenvalue weighted by molar-refractivity contribution is 0.0947. The van der Waals surface area contributed by atoms with Crippen molar-refractivity contribution in [3.05, 3.63) is 97.3 Å².